The van der Waals surface area contributed by atoms with Crippen LogP contribution in [-0.2, 0) is 11.3 Å². The largest absolute Gasteiger partial charge is 0.391 e. The smallest absolute Gasteiger partial charge is 0.254 e. The van der Waals surface area contributed by atoms with E-state index in [-0.39, 0.29) is 17.8 Å². The highest BCUT2D eigenvalue weighted by molar-refractivity contribution is 6.06. The maximum atomic E-state index is 13.6. The van der Waals surface area contributed by atoms with Gasteiger partial charge in [0.2, 0.25) is 0 Å². The number of aliphatic hydroxyl groups excluding tert-OH is 1. The molecule has 0 radical (unpaired) electrons. The first-order valence-electron chi connectivity index (χ1n) is 11.8. The van der Waals surface area contributed by atoms with Gasteiger partial charge in [-0.25, -0.2) is 14.4 Å². The number of rotatable bonds is 5. The molecular weight excluding hydrogens is 463 g/mol. The normalized spacial score (nSPS) is 18.2. The standard InChI is InChI=1S/C26H25FN6O3/c1-15(34)22-14-32(8-9-36-22)17-2-5-23(28-11-17)31-20-4-3-18(19-12-30-26(35)25(19)20)21-13-29-24-10-16(27)6-7-33(21)24/h2-7,10-11,13,15,22,34H,8-9,12,14H2,1H3,(H,28,31)(H,30,35)/t15-,22?/m0/s1. The predicted molar refractivity (Wildman–Crippen MR) is 133 cm³/mol. The van der Waals surface area contributed by atoms with Crippen LogP contribution in [0, 0.1) is 5.82 Å². The lowest BCUT2D eigenvalue weighted by Gasteiger charge is -2.35. The van der Waals surface area contributed by atoms with Crippen molar-refractivity contribution in [3.05, 3.63) is 71.9 Å². The molecule has 3 aromatic heterocycles. The summed E-state index contributed by atoms with van der Waals surface area (Å²) in [4.78, 5) is 23.8. The molecule has 6 rings (SSSR count). The number of aliphatic hydroxyl groups is 1. The number of fused-ring (bicyclic) bond motifs is 2. The number of pyridine rings is 2. The van der Waals surface area contributed by atoms with Crippen LogP contribution in [0.4, 0.5) is 21.6 Å². The van der Waals surface area contributed by atoms with Crippen LogP contribution < -0.4 is 15.5 Å². The number of hydrogen-bond donors (Lipinski definition) is 3. The number of benzene rings is 1. The highest BCUT2D eigenvalue weighted by atomic mass is 19.1. The number of amides is 1. The number of anilines is 3. The molecule has 0 aliphatic carbocycles. The maximum Gasteiger partial charge on any atom is 0.254 e. The number of morpholine rings is 1. The van der Waals surface area contributed by atoms with Crippen LogP contribution in [0.25, 0.3) is 16.9 Å². The maximum absolute atomic E-state index is 13.6. The Kier molecular flexibility index (Phi) is 5.54. The lowest BCUT2D eigenvalue weighted by Crippen LogP contribution is -2.47. The van der Waals surface area contributed by atoms with Gasteiger partial charge in [0, 0.05) is 37.5 Å². The predicted octanol–water partition coefficient (Wildman–Crippen LogP) is 3.11. The highest BCUT2D eigenvalue weighted by Gasteiger charge is 2.28. The second-order valence-corrected chi connectivity index (χ2v) is 9.04. The Morgan fingerprint density at radius 1 is 1.22 bits per heavy atom. The van der Waals surface area contributed by atoms with Gasteiger partial charge >= 0.3 is 0 Å². The summed E-state index contributed by atoms with van der Waals surface area (Å²) in [5.41, 5.74) is 5.15. The van der Waals surface area contributed by atoms with Gasteiger partial charge in [-0.1, -0.05) is 6.07 Å². The van der Waals surface area contributed by atoms with E-state index in [1.165, 1.54) is 12.1 Å². The van der Waals surface area contributed by atoms with Crippen molar-refractivity contribution in [3.63, 3.8) is 0 Å². The second-order valence-electron chi connectivity index (χ2n) is 9.04. The average molecular weight is 489 g/mol. The Labute approximate surface area is 206 Å². The zero-order chi connectivity index (χ0) is 24.8. The minimum Gasteiger partial charge on any atom is -0.391 e. The molecular formula is C26H25FN6O3. The Morgan fingerprint density at radius 2 is 2.11 bits per heavy atom. The van der Waals surface area contributed by atoms with E-state index in [1.54, 1.807) is 25.5 Å². The van der Waals surface area contributed by atoms with Crippen molar-refractivity contribution >= 4 is 28.7 Å². The summed E-state index contributed by atoms with van der Waals surface area (Å²) >= 11 is 0. The third kappa shape index (κ3) is 3.94. The number of nitrogens with zero attached hydrogens (tertiary/aromatic N) is 4. The fourth-order valence-electron chi connectivity index (χ4n) is 4.83. The molecule has 2 aliphatic heterocycles. The number of carbonyl (C=O) groups is 1. The molecule has 1 amide bonds. The SMILES string of the molecule is C[C@H](O)C1CN(c2ccc(Nc3ccc(-c4cnc5cc(F)ccn45)c4c3C(=O)NC4)nc2)CCO1. The van der Waals surface area contributed by atoms with Crippen molar-refractivity contribution in [2.45, 2.75) is 25.7 Å². The van der Waals surface area contributed by atoms with Crippen LogP contribution in [-0.4, -0.2) is 57.3 Å². The number of imidazole rings is 1. The van der Waals surface area contributed by atoms with E-state index >= 15 is 0 Å². The molecule has 0 saturated carbocycles. The van der Waals surface area contributed by atoms with E-state index in [1.807, 2.05) is 28.7 Å². The first-order valence-corrected chi connectivity index (χ1v) is 11.8. The van der Waals surface area contributed by atoms with Crippen LogP contribution in [0.5, 0.6) is 0 Å². The molecule has 5 heterocycles. The van der Waals surface area contributed by atoms with E-state index in [0.29, 0.717) is 42.4 Å². The molecule has 184 valence electrons. The molecule has 2 atom stereocenters. The van der Waals surface area contributed by atoms with E-state index in [2.05, 4.69) is 25.5 Å². The molecule has 10 heteroatoms. The van der Waals surface area contributed by atoms with Crippen LogP contribution in [0.15, 0.2) is 55.0 Å². The van der Waals surface area contributed by atoms with E-state index < -0.39 is 6.10 Å². The number of nitrogens with one attached hydrogen (secondary N) is 2. The third-order valence-electron chi connectivity index (χ3n) is 6.72. The lowest BCUT2D eigenvalue weighted by molar-refractivity contribution is -0.0364. The van der Waals surface area contributed by atoms with Gasteiger partial charge in [0.25, 0.3) is 5.91 Å². The molecule has 1 saturated heterocycles. The molecule has 0 spiro atoms. The van der Waals surface area contributed by atoms with Crippen LogP contribution in [0.2, 0.25) is 0 Å². The second kappa shape index (κ2) is 8.89. The van der Waals surface area contributed by atoms with Gasteiger partial charge in [-0.15, -0.1) is 0 Å². The van der Waals surface area contributed by atoms with Crippen LogP contribution in [0.3, 0.4) is 0 Å². The topological polar surface area (TPSA) is 104 Å². The van der Waals surface area contributed by atoms with Crippen molar-refractivity contribution in [3.8, 4) is 11.3 Å². The van der Waals surface area contributed by atoms with Crippen LogP contribution in [0.1, 0.15) is 22.8 Å². The molecule has 3 N–H and O–H groups in total. The molecule has 9 nitrogen and oxygen atoms in total. The van der Waals surface area contributed by atoms with Gasteiger partial charge < -0.3 is 25.4 Å². The van der Waals surface area contributed by atoms with Gasteiger partial charge in [-0.2, -0.15) is 0 Å². The van der Waals surface area contributed by atoms with Crippen molar-refractivity contribution < 1.29 is 19.0 Å². The Hall–Kier alpha value is -4.02. The third-order valence-corrected chi connectivity index (χ3v) is 6.72. The average Bonchev–Trinajstić information content (AvgIpc) is 3.48. The number of halogens is 1. The number of ether oxygens (including phenoxy) is 1. The number of hydrogen-bond acceptors (Lipinski definition) is 7. The molecule has 2 aliphatic rings. The monoisotopic (exact) mass is 488 g/mol. The minimum absolute atomic E-state index is 0.164. The van der Waals surface area contributed by atoms with Crippen LogP contribution >= 0.6 is 0 Å². The molecule has 1 fully saturated rings. The quantitative estimate of drug-likeness (QED) is 0.397. The first-order chi connectivity index (χ1) is 17.5. The lowest BCUT2D eigenvalue weighted by atomic mass is 9.99. The summed E-state index contributed by atoms with van der Waals surface area (Å²) in [7, 11) is 0. The zero-order valence-corrected chi connectivity index (χ0v) is 19.6. The molecule has 4 aromatic rings. The minimum atomic E-state index is -0.542. The van der Waals surface area contributed by atoms with Gasteiger partial charge in [0.15, 0.2) is 0 Å². The Balaban J connectivity index is 1.28. The van der Waals surface area contributed by atoms with Gasteiger partial charge in [-0.05, 0) is 36.8 Å². The van der Waals surface area contributed by atoms with Crippen molar-refractivity contribution in [2.75, 3.05) is 29.9 Å². The molecule has 1 aromatic carbocycles. The van der Waals surface area contributed by atoms with Gasteiger partial charge in [0.05, 0.1) is 47.7 Å². The van der Waals surface area contributed by atoms with E-state index in [0.717, 1.165) is 29.1 Å². The van der Waals surface area contributed by atoms with E-state index in [4.69, 9.17) is 4.74 Å². The van der Waals surface area contributed by atoms with Crippen molar-refractivity contribution in [1.29, 1.82) is 0 Å². The van der Waals surface area contributed by atoms with E-state index in [9.17, 15) is 14.3 Å². The summed E-state index contributed by atoms with van der Waals surface area (Å²) in [5.74, 6) is 0.0958. The summed E-state index contributed by atoms with van der Waals surface area (Å²) in [5, 5.41) is 16.1. The number of aromatic nitrogens is 3. The fraction of sp³-hybridized carbons (Fsp3) is 0.269. The summed E-state index contributed by atoms with van der Waals surface area (Å²) in [6, 6.07) is 10.4. The first kappa shape index (κ1) is 22.4. The summed E-state index contributed by atoms with van der Waals surface area (Å²) in [6.07, 6.45) is 4.33. The highest BCUT2D eigenvalue weighted by Crippen LogP contribution is 2.35. The molecule has 36 heavy (non-hydrogen) atoms. The zero-order valence-electron chi connectivity index (χ0n) is 19.6. The fourth-order valence-corrected chi connectivity index (χ4v) is 4.83. The summed E-state index contributed by atoms with van der Waals surface area (Å²) < 4.78 is 21.1. The van der Waals surface area contributed by atoms with Crippen molar-refractivity contribution in [2.24, 2.45) is 0 Å². The molecule has 1 unspecified atom stereocenters. The Morgan fingerprint density at radius 3 is 2.92 bits per heavy atom. The van der Waals surface area contributed by atoms with Gasteiger partial charge in [0.1, 0.15) is 23.4 Å². The van der Waals surface area contributed by atoms with Gasteiger partial charge in [-0.3, -0.25) is 9.20 Å². The summed E-state index contributed by atoms with van der Waals surface area (Å²) in [6.45, 7) is 3.99. The molecule has 0 bridgehead atoms. The number of carbonyl (C=O) groups excluding carboxylic acids is 1. The Bertz CT molecular complexity index is 1450. The van der Waals surface area contributed by atoms with Crippen molar-refractivity contribution in [1.82, 2.24) is 19.7 Å².